The van der Waals surface area contributed by atoms with Crippen molar-refractivity contribution in [1.29, 1.82) is 0 Å². The molecule has 2 rings (SSSR count). The minimum absolute atomic E-state index is 0.0985. The van der Waals surface area contributed by atoms with Crippen LogP contribution in [0, 0.1) is 6.92 Å². The summed E-state index contributed by atoms with van der Waals surface area (Å²) in [5.74, 6) is 0.883. The van der Waals surface area contributed by atoms with Gasteiger partial charge in [-0.05, 0) is 26.2 Å². The molecule has 0 aromatic carbocycles. The molecule has 0 saturated heterocycles. The van der Waals surface area contributed by atoms with E-state index in [0.717, 1.165) is 19.3 Å². The minimum atomic E-state index is -3.52. The van der Waals surface area contributed by atoms with E-state index >= 15 is 0 Å². The van der Waals surface area contributed by atoms with E-state index in [-0.39, 0.29) is 5.03 Å². The molecule has 0 radical (unpaired) electrons. The van der Waals surface area contributed by atoms with Gasteiger partial charge in [0.1, 0.15) is 5.82 Å². The van der Waals surface area contributed by atoms with E-state index in [1.54, 1.807) is 6.92 Å². The van der Waals surface area contributed by atoms with Crippen LogP contribution in [0.1, 0.15) is 25.1 Å². The van der Waals surface area contributed by atoms with Crippen molar-refractivity contribution in [2.24, 2.45) is 0 Å². The summed E-state index contributed by atoms with van der Waals surface area (Å²) < 4.78 is 26.6. The second-order valence-corrected chi connectivity index (χ2v) is 6.12. The van der Waals surface area contributed by atoms with Crippen molar-refractivity contribution in [3.05, 3.63) is 12.0 Å². The van der Waals surface area contributed by atoms with Crippen LogP contribution < -0.4 is 4.72 Å². The Balaban J connectivity index is 2.20. The average molecular weight is 264 g/mol. The van der Waals surface area contributed by atoms with Crippen molar-refractivity contribution < 1.29 is 8.42 Å². The smallest absolute Gasteiger partial charge is 0.258 e. The van der Waals surface area contributed by atoms with Crippen molar-refractivity contribution >= 4 is 21.6 Å². The van der Waals surface area contributed by atoms with Gasteiger partial charge < -0.3 is 4.98 Å². The molecule has 1 aromatic rings. The maximum Gasteiger partial charge on any atom is 0.258 e. The van der Waals surface area contributed by atoms with E-state index in [1.165, 1.54) is 6.20 Å². The highest BCUT2D eigenvalue weighted by Crippen LogP contribution is 2.34. The second kappa shape index (κ2) is 4.01. The lowest BCUT2D eigenvalue weighted by Crippen LogP contribution is -2.54. The van der Waals surface area contributed by atoms with Gasteiger partial charge >= 0.3 is 0 Å². The number of imidazole rings is 1. The highest BCUT2D eigenvalue weighted by atomic mass is 35.5. The molecule has 1 saturated carbocycles. The largest absolute Gasteiger partial charge is 0.332 e. The van der Waals surface area contributed by atoms with E-state index in [9.17, 15) is 8.42 Å². The zero-order valence-electron chi connectivity index (χ0n) is 8.96. The molecule has 90 valence electrons. The van der Waals surface area contributed by atoms with Crippen LogP contribution in [0.5, 0.6) is 0 Å². The van der Waals surface area contributed by atoms with E-state index in [4.69, 9.17) is 11.6 Å². The molecule has 7 heteroatoms. The number of alkyl halides is 1. The van der Waals surface area contributed by atoms with Crippen LogP contribution in [0.4, 0.5) is 0 Å². The summed E-state index contributed by atoms with van der Waals surface area (Å²) in [6, 6.07) is 0. The molecule has 1 aliphatic rings. The summed E-state index contributed by atoms with van der Waals surface area (Å²) in [6.07, 6.45) is 3.92. The van der Waals surface area contributed by atoms with Gasteiger partial charge in [0.25, 0.3) is 10.0 Å². The molecule has 0 atom stereocenters. The van der Waals surface area contributed by atoms with Crippen molar-refractivity contribution in [1.82, 2.24) is 14.7 Å². The Hall–Kier alpha value is -0.590. The van der Waals surface area contributed by atoms with Crippen LogP contribution in [0.3, 0.4) is 0 Å². The zero-order valence-corrected chi connectivity index (χ0v) is 10.5. The van der Waals surface area contributed by atoms with Gasteiger partial charge in [0, 0.05) is 11.4 Å². The summed E-state index contributed by atoms with van der Waals surface area (Å²) in [5, 5.41) is 0.0985. The fraction of sp³-hybridized carbons (Fsp3) is 0.667. The predicted molar refractivity (Wildman–Crippen MR) is 60.9 cm³/mol. The first-order valence-electron chi connectivity index (χ1n) is 5.09. The first kappa shape index (κ1) is 11.9. The first-order chi connectivity index (χ1) is 7.47. The molecule has 0 bridgehead atoms. The molecule has 1 aromatic heterocycles. The van der Waals surface area contributed by atoms with Crippen molar-refractivity contribution in [2.45, 2.75) is 36.8 Å². The number of hydrogen-bond donors (Lipinski definition) is 2. The average Bonchev–Trinajstić information content (AvgIpc) is 2.59. The maximum absolute atomic E-state index is 12.0. The van der Waals surface area contributed by atoms with Crippen molar-refractivity contribution in [3.8, 4) is 0 Å². The molecule has 16 heavy (non-hydrogen) atoms. The molecular weight excluding hydrogens is 250 g/mol. The third-order valence-corrected chi connectivity index (χ3v) is 4.89. The molecule has 0 unspecified atom stereocenters. The van der Waals surface area contributed by atoms with Crippen LogP contribution in [-0.2, 0) is 10.0 Å². The van der Waals surface area contributed by atoms with Gasteiger partial charge in [-0.15, -0.1) is 11.6 Å². The van der Waals surface area contributed by atoms with Gasteiger partial charge in [0.05, 0.1) is 6.20 Å². The molecule has 1 aliphatic carbocycles. The highest BCUT2D eigenvalue weighted by molar-refractivity contribution is 7.89. The molecule has 0 aliphatic heterocycles. The van der Waals surface area contributed by atoms with Crippen LogP contribution in [-0.4, -0.2) is 29.8 Å². The lowest BCUT2D eigenvalue weighted by Gasteiger charge is -2.40. The molecule has 1 fully saturated rings. The summed E-state index contributed by atoms with van der Waals surface area (Å²) >= 11 is 5.81. The number of aryl methyl sites for hydroxylation is 1. The van der Waals surface area contributed by atoms with Gasteiger partial charge in [-0.1, -0.05) is 0 Å². The predicted octanol–water partition coefficient (Wildman–Crippen LogP) is 1.16. The number of nitrogens with zero attached hydrogens (tertiary/aromatic N) is 1. The van der Waals surface area contributed by atoms with Crippen LogP contribution in [0.2, 0.25) is 0 Å². The van der Waals surface area contributed by atoms with Gasteiger partial charge in [0.15, 0.2) is 5.03 Å². The highest BCUT2D eigenvalue weighted by Gasteiger charge is 2.40. The Morgan fingerprint density at radius 1 is 1.62 bits per heavy atom. The quantitative estimate of drug-likeness (QED) is 0.801. The van der Waals surface area contributed by atoms with Crippen LogP contribution in [0.25, 0.3) is 0 Å². The molecule has 5 nitrogen and oxygen atoms in total. The van der Waals surface area contributed by atoms with Gasteiger partial charge in [-0.2, -0.15) is 0 Å². The number of nitrogens with one attached hydrogen (secondary N) is 2. The molecule has 1 heterocycles. The summed E-state index contributed by atoms with van der Waals surface area (Å²) in [7, 11) is -3.52. The molecule has 0 amide bonds. The van der Waals surface area contributed by atoms with E-state index in [2.05, 4.69) is 14.7 Å². The summed E-state index contributed by atoms with van der Waals surface area (Å²) in [4.78, 5) is 6.58. The zero-order chi connectivity index (χ0) is 11.8. The molecule has 2 N–H and O–H groups in total. The number of hydrogen-bond acceptors (Lipinski definition) is 3. The monoisotopic (exact) mass is 263 g/mol. The third kappa shape index (κ3) is 2.09. The number of rotatable bonds is 4. The first-order valence-corrected chi connectivity index (χ1v) is 7.11. The SMILES string of the molecule is Cc1ncc(S(=O)(=O)NC2(CCl)CCC2)[nH]1. The lowest BCUT2D eigenvalue weighted by molar-refractivity contribution is 0.252. The van der Waals surface area contributed by atoms with E-state index in [1.807, 2.05) is 0 Å². The van der Waals surface area contributed by atoms with Gasteiger partial charge in [-0.25, -0.2) is 18.1 Å². The standard InChI is InChI=1S/C9H14ClN3O2S/c1-7-11-5-8(12-7)16(14,15)13-9(6-10)3-2-4-9/h5,13H,2-4,6H2,1H3,(H,11,12). The number of aromatic nitrogens is 2. The van der Waals surface area contributed by atoms with Gasteiger partial charge in [0.2, 0.25) is 0 Å². The lowest BCUT2D eigenvalue weighted by atomic mass is 9.79. The Bertz CT molecular complexity index is 473. The fourth-order valence-corrected chi connectivity index (χ4v) is 3.58. The minimum Gasteiger partial charge on any atom is -0.332 e. The Morgan fingerprint density at radius 3 is 2.69 bits per heavy atom. The van der Waals surface area contributed by atoms with E-state index < -0.39 is 15.6 Å². The second-order valence-electron chi connectivity index (χ2n) is 4.21. The molecular formula is C9H14ClN3O2S. The Labute approximate surface area is 99.7 Å². The maximum atomic E-state index is 12.0. The Kier molecular flexibility index (Phi) is 2.98. The topological polar surface area (TPSA) is 74.8 Å². The van der Waals surface area contributed by atoms with Crippen LogP contribution >= 0.6 is 11.6 Å². The Morgan fingerprint density at radius 2 is 2.31 bits per heavy atom. The van der Waals surface area contributed by atoms with Crippen molar-refractivity contribution in [3.63, 3.8) is 0 Å². The van der Waals surface area contributed by atoms with Crippen LogP contribution in [0.15, 0.2) is 11.2 Å². The van der Waals surface area contributed by atoms with E-state index in [0.29, 0.717) is 11.7 Å². The molecule has 0 spiro atoms. The fourth-order valence-electron chi connectivity index (χ4n) is 1.74. The number of H-pyrrole nitrogens is 1. The number of halogens is 1. The number of aromatic amines is 1. The summed E-state index contributed by atoms with van der Waals surface area (Å²) in [5.41, 5.74) is -0.459. The summed E-state index contributed by atoms with van der Waals surface area (Å²) in [6.45, 7) is 1.71. The van der Waals surface area contributed by atoms with Gasteiger partial charge in [-0.3, -0.25) is 0 Å². The number of sulfonamides is 1. The third-order valence-electron chi connectivity index (χ3n) is 2.89. The normalized spacial score (nSPS) is 19.4. The van der Waals surface area contributed by atoms with Crippen molar-refractivity contribution in [2.75, 3.05) is 5.88 Å².